The number of benzene rings is 3. The number of likely N-dealkylation sites (tertiary alicyclic amines) is 1. The SMILES string of the molecule is C=C1Nc2ccc(F)cc2C2(CCN(CCC(C(=O)N(C)Cc3ccc(C(F)(F)F)cc3)c3ccc(F)cc3)CC2)O1. The Morgan fingerprint density at radius 1 is 1.02 bits per heavy atom. The summed E-state index contributed by atoms with van der Waals surface area (Å²) in [4.78, 5) is 17.3. The standard InChI is InChI=1S/C32H32F5N3O2/c1-21-38-29-12-11-26(34)19-28(29)31(42-21)14-17-40(18-15-31)16-13-27(23-5-9-25(33)10-6-23)30(41)39(2)20-22-3-7-24(8-4-22)32(35,36)37/h3-12,19,27,38H,1,13-18,20H2,2H3. The minimum atomic E-state index is -4.43. The number of anilines is 1. The number of amides is 1. The number of piperidine rings is 1. The highest BCUT2D eigenvalue weighted by Crippen LogP contribution is 2.45. The van der Waals surface area contributed by atoms with Crippen molar-refractivity contribution in [3.63, 3.8) is 0 Å². The number of hydrogen-bond donors (Lipinski definition) is 1. The molecule has 10 heteroatoms. The van der Waals surface area contributed by atoms with E-state index in [1.807, 2.05) is 0 Å². The van der Waals surface area contributed by atoms with Gasteiger partial charge in [0.25, 0.3) is 0 Å². The maximum atomic E-state index is 14.1. The van der Waals surface area contributed by atoms with Crippen LogP contribution in [0.3, 0.4) is 0 Å². The molecule has 3 aromatic carbocycles. The highest BCUT2D eigenvalue weighted by molar-refractivity contribution is 5.83. The van der Waals surface area contributed by atoms with Gasteiger partial charge in [-0.2, -0.15) is 13.2 Å². The molecule has 2 aliphatic rings. The fourth-order valence-electron chi connectivity index (χ4n) is 5.83. The molecule has 1 amide bonds. The molecule has 2 aliphatic heterocycles. The number of nitrogens with zero attached hydrogens (tertiary/aromatic N) is 2. The molecule has 5 nitrogen and oxygen atoms in total. The molecule has 0 bridgehead atoms. The zero-order valence-corrected chi connectivity index (χ0v) is 23.2. The molecule has 3 aromatic rings. The van der Waals surface area contributed by atoms with Gasteiger partial charge < -0.3 is 19.9 Å². The summed E-state index contributed by atoms with van der Waals surface area (Å²) in [5.41, 5.74) is 1.33. The summed E-state index contributed by atoms with van der Waals surface area (Å²) in [7, 11) is 1.61. The van der Waals surface area contributed by atoms with Crippen LogP contribution in [0.15, 0.2) is 79.2 Å². The van der Waals surface area contributed by atoms with Gasteiger partial charge in [-0.15, -0.1) is 0 Å². The third-order valence-electron chi connectivity index (χ3n) is 8.11. The fourth-order valence-corrected chi connectivity index (χ4v) is 5.83. The minimum Gasteiger partial charge on any atom is -0.468 e. The predicted molar refractivity (Wildman–Crippen MR) is 149 cm³/mol. The average Bonchev–Trinajstić information content (AvgIpc) is 2.95. The van der Waals surface area contributed by atoms with Crippen molar-refractivity contribution in [1.29, 1.82) is 0 Å². The van der Waals surface area contributed by atoms with Gasteiger partial charge in [0.15, 0.2) is 5.88 Å². The molecular formula is C32H32F5N3O2. The number of carbonyl (C=O) groups is 1. The van der Waals surface area contributed by atoms with Crippen LogP contribution in [0.25, 0.3) is 0 Å². The van der Waals surface area contributed by atoms with Crippen LogP contribution < -0.4 is 5.32 Å². The second kappa shape index (κ2) is 11.8. The third-order valence-corrected chi connectivity index (χ3v) is 8.11. The molecule has 1 spiro atoms. The van der Waals surface area contributed by atoms with Crippen molar-refractivity contribution in [2.45, 2.75) is 43.5 Å². The lowest BCUT2D eigenvalue weighted by Crippen LogP contribution is -2.47. The number of carbonyl (C=O) groups excluding carboxylic acids is 1. The number of ether oxygens (including phenoxy) is 1. The molecular weight excluding hydrogens is 553 g/mol. The first-order valence-corrected chi connectivity index (χ1v) is 13.8. The van der Waals surface area contributed by atoms with Crippen LogP contribution >= 0.6 is 0 Å². The first kappa shape index (κ1) is 29.6. The monoisotopic (exact) mass is 585 g/mol. The van der Waals surface area contributed by atoms with Crippen molar-refractivity contribution in [2.24, 2.45) is 0 Å². The van der Waals surface area contributed by atoms with Crippen LogP contribution in [0.4, 0.5) is 27.6 Å². The number of rotatable bonds is 7. The number of nitrogens with one attached hydrogen (secondary N) is 1. The van der Waals surface area contributed by atoms with Crippen molar-refractivity contribution in [2.75, 3.05) is 32.0 Å². The van der Waals surface area contributed by atoms with Crippen molar-refractivity contribution in [3.05, 3.63) is 113 Å². The van der Waals surface area contributed by atoms with Gasteiger partial charge in [-0.3, -0.25) is 4.79 Å². The molecule has 0 aliphatic carbocycles. The van der Waals surface area contributed by atoms with E-state index in [2.05, 4.69) is 16.8 Å². The summed E-state index contributed by atoms with van der Waals surface area (Å²) in [6.07, 6.45) is -2.77. The summed E-state index contributed by atoms with van der Waals surface area (Å²) in [6, 6.07) is 15.1. The lowest BCUT2D eigenvalue weighted by Gasteiger charge is -2.46. The molecule has 0 radical (unpaired) electrons. The van der Waals surface area contributed by atoms with E-state index in [9.17, 15) is 26.7 Å². The van der Waals surface area contributed by atoms with Gasteiger partial charge in [-0.25, -0.2) is 8.78 Å². The van der Waals surface area contributed by atoms with Gasteiger partial charge in [-0.05, 0) is 73.1 Å². The molecule has 0 aromatic heterocycles. The first-order chi connectivity index (χ1) is 19.9. The van der Waals surface area contributed by atoms with Crippen LogP contribution in [-0.4, -0.2) is 42.4 Å². The van der Waals surface area contributed by atoms with E-state index >= 15 is 0 Å². The highest BCUT2D eigenvalue weighted by atomic mass is 19.4. The zero-order valence-electron chi connectivity index (χ0n) is 23.2. The van der Waals surface area contributed by atoms with Crippen molar-refractivity contribution in [3.8, 4) is 0 Å². The van der Waals surface area contributed by atoms with E-state index in [0.717, 1.165) is 23.4 Å². The number of fused-ring (bicyclic) bond motifs is 2. The van der Waals surface area contributed by atoms with E-state index < -0.39 is 29.1 Å². The minimum absolute atomic E-state index is 0.131. The maximum absolute atomic E-state index is 14.1. The highest BCUT2D eigenvalue weighted by Gasteiger charge is 2.43. The smallest absolute Gasteiger partial charge is 0.416 e. The van der Waals surface area contributed by atoms with E-state index in [-0.39, 0.29) is 18.3 Å². The summed E-state index contributed by atoms with van der Waals surface area (Å²) in [5.74, 6) is -1.12. The molecule has 1 saturated heterocycles. The van der Waals surface area contributed by atoms with Crippen LogP contribution in [0.2, 0.25) is 0 Å². The van der Waals surface area contributed by atoms with Crippen molar-refractivity contribution in [1.82, 2.24) is 9.80 Å². The van der Waals surface area contributed by atoms with E-state index in [1.165, 1.54) is 41.3 Å². The second-order valence-corrected chi connectivity index (χ2v) is 11.0. The Labute approximate surface area is 241 Å². The molecule has 1 unspecified atom stereocenters. The number of halogens is 5. The summed E-state index contributed by atoms with van der Waals surface area (Å²) < 4.78 is 72.8. The van der Waals surface area contributed by atoms with Crippen molar-refractivity contribution >= 4 is 11.6 Å². The van der Waals surface area contributed by atoms with E-state index in [0.29, 0.717) is 55.9 Å². The van der Waals surface area contributed by atoms with E-state index in [4.69, 9.17) is 4.74 Å². The quantitative estimate of drug-likeness (QED) is 0.303. The molecule has 2 heterocycles. The molecule has 0 saturated carbocycles. The lowest BCUT2D eigenvalue weighted by molar-refractivity contribution is -0.137. The second-order valence-electron chi connectivity index (χ2n) is 11.0. The first-order valence-electron chi connectivity index (χ1n) is 13.8. The van der Waals surface area contributed by atoms with Gasteiger partial charge in [0.2, 0.25) is 5.91 Å². The van der Waals surface area contributed by atoms with E-state index in [1.54, 1.807) is 25.2 Å². The zero-order chi connectivity index (χ0) is 30.1. The summed E-state index contributed by atoms with van der Waals surface area (Å²) in [6.45, 7) is 5.93. The largest absolute Gasteiger partial charge is 0.468 e. The predicted octanol–water partition coefficient (Wildman–Crippen LogP) is 7.02. The average molecular weight is 586 g/mol. The summed E-state index contributed by atoms with van der Waals surface area (Å²) >= 11 is 0. The van der Waals surface area contributed by atoms with Gasteiger partial charge in [0, 0.05) is 50.8 Å². The Hall–Kier alpha value is -3.92. The van der Waals surface area contributed by atoms with Gasteiger partial charge in [-0.1, -0.05) is 24.3 Å². The fraction of sp³-hybridized carbons (Fsp3) is 0.344. The Morgan fingerprint density at radius 3 is 2.31 bits per heavy atom. The molecule has 1 fully saturated rings. The molecule has 222 valence electrons. The van der Waals surface area contributed by atoms with Crippen molar-refractivity contribution < 1.29 is 31.5 Å². The van der Waals surface area contributed by atoms with Crippen LogP contribution in [-0.2, 0) is 27.9 Å². The van der Waals surface area contributed by atoms with Gasteiger partial charge in [0.1, 0.15) is 17.2 Å². The third kappa shape index (κ3) is 6.43. The molecule has 1 atom stereocenters. The Morgan fingerprint density at radius 2 is 1.67 bits per heavy atom. The number of likely N-dealkylation sites (N-methyl/N-ethyl adjacent to an activating group) is 1. The Balaban J connectivity index is 1.26. The number of alkyl halides is 3. The molecule has 42 heavy (non-hydrogen) atoms. The van der Waals surface area contributed by atoms with Crippen LogP contribution in [0.5, 0.6) is 0 Å². The van der Waals surface area contributed by atoms with Crippen LogP contribution in [0.1, 0.15) is 47.4 Å². The summed E-state index contributed by atoms with van der Waals surface area (Å²) in [5, 5.41) is 3.07. The maximum Gasteiger partial charge on any atom is 0.416 e. The molecule has 5 rings (SSSR count). The lowest BCUT2D eigenvalue weighted by atomic mass is 9.82. The van der Waals surface area contributed by atoms with Gasteiger partial charge >= 0.3 is 6.18 Å². The molecule has 1 N–H and O–H groups in total. The Kier molecular flexibility index (Phi) is 8.28. The van der Waals surface area contributed by atoms with Crippen LogP contribution in [0, 0.1) is 11.6 Å². The Bertz CT molecular complexity index is 1430. The topological polar surface area (TPSA) is 44.8 Å². The normalized spacial score (nSPS) is 17.2. The van der Waals surface area contributed by atoms with Gasteiger partial charge in [0.05, 0.1) is 11.5 Å². The number of hydrogen-bond acceptors (Lipinski definition) is 4.